The SMILES string of the molecule is CCN(CC)c1nc(C)c(/N=N\c2snc(C)c2C#N)s1. The van der Waals surface area contributed by atoms with Crippen LogP contribution in [0.1, 0.15) is 30.8 Å². The minimum atomic E-state index is 0.495. The Morgan fingerprint density at radius 3 is 2.43 bits per heavy atom. The molecule has 0 aliphatic rings. The predicted molar refractivity (Wildman–Crippen MR) is 86.2 cm³/mol. The number of thiazole rings is 1. The summed E-state index contributed by atoms with van der Waals surface area (Å²) in [7, 11) is 0. The molecule has 0 bridgehead atoms. The third-order valence-corrected chi connectivity index (χ3v) is 4.91. The zero-order valence-corrected chi connectivity index (χ0v) is 14.0. The topological polar surface area (TPSA) is 77.5 Å². The molecule has 0 radical (unpaired) electrons. The lowest BCUT2D eigenvalue weighted by Crippen LogP contribution is -2.21. The summed E-state index contributed by atoms with van der Waals surface area (Å²) in [5.74, 6) is 0. The monoisotopic (exact) mass is 320 g/mol. The molecular weight excluding hydrogens is 304 g/mol. The fourth-order valence-corrected chi connectivity index (χ4v) is 3.44. The van der Waals surface area contributed by atoms with Crippen molar-refractivity contribution in [3.63, 3.8) is 0 Å². The predicted octanol–water partition coefficient (Wildman–Crippen LogP) is 4.35. The first-order valence-electron chi connectivity index (χ1n) is 6.61. The second-order valence-electron chi connectivity index (χ2n) is 4.32. The maximum absolute atomic E-state index is 9.08. The van der Waals surface area contributed by atoms with E-state index in [1.807, 2.05) is 6.92 Å². The van der Waals surface area contributed by atoms with E-state index >= 15 is 0 Å². The molecule has 0 atom stereocenters. The van der Waals surface area contributed by atoms with Gasteiger partial charge in [-0.1, -0.05) is 11.3 Å². The van der Waals surface area contributed by atoms with Crippen LogP contribution in [0.5, 0.6) is 0 Å². The number of nitrogens with zero attached hydrogens (tertiary/aromatic N) is 6. The molecule has 0 saturated carbocycles. The van der Waals surface area contributed by atoms with E-state index < -0.39 is 0 Å². The summed E-state index contributed by atoms with van der Waals surface area (Å²) in [6.07, 6.45) is 0. The first kappa shape index (κ1) is 15.5. The van der Waals surface area contributed by atoms with E-state index in [1.54, 1.807) is 6.92 Å². The van der Waals surface area contributed by atoms with Crippen molar-refractivity contribution in [1.82, 2.24) is 9.36 Å². The molecular formula is C13H16N6S2. The Labute approximate surface area is 132 Å². The van der Waals surface area contributed by atoms with E-state index in [0.717, 1.165) is 28.9 Å². The number of azo groups is 1. The Morgan fingerprint density at radius 1 is 1.14 bits per heavy atom. The van der Waals surface area contributed by atoms with Crippen LogP contribution < -0.4 is 4.90 Å². The molecule has 2 heterocycles. The molecule has 110 valence electrons. The molecule has 0 unspecified atom stereocenters. The first-order chi connectivity index (χ1) is 10.1. The van der Waals surface area contributed by atoms with Crippen molar-refractivity contribution < 1.29 is 0 Å². The minimum Gasteiger partial charge on any atom is -0.349 e. The van der Waals surface area contributed by atoms with Gasteiger partial charge in [0.05, 0.1) is 11.4 Å². The average molecular weight is 320 g/mol. The molecule has 2 aromatic rings. The fourth-order valence-electron chi connectivity index (χ4n) is 1.74. The molecule has 2 rings (SSSR count). The largest absolute Gasteiger partial charge is 0.349 e. The Kier molecular flexibility index (Phi) is 4.98. The Balaban J connectivity index is 2.27. The number of aromatic nitrogens is 2. The van der Waals surface area contributed by atoms with Gasteiger partial charge in [0.25, 0.3) is 0 Å². The van der Waals surface area contributed by atoms with Gasteiger partial charge in [0.2, 0.25) is 0 Å². The molecule has 0 fully saturated rings. The highest BCUT2D eigenvalue weighted by Crippen LogP contribution is 2.35. The number of aryl methyl sites for hydroxylation is 2. The highest BCUT2D eigenvalue weighted by atomic mass is 32.1. The summed E-state index contributed by atoms with van der Waals surface area (Å²) in [6.45, 7) is 9.73. The minimum absolute atomic E-state index is 0.495. The van der Waals surface area contributed by atoms with Gasteiger partial charge in [-0.15, -0.1) is 10.2 Å². The van der Waals surface area contributed by atoms with Crippen molar-refractivity contribution in [3.8, 4) is 6.07 Å². The summed E-state index contributed by atoms with van der Waals surface area (Å²) in [6, 6.07) is 2.11. The molecule has 0 aliphatic heterocycles. The van der Waals surface area contributed by atoms with Crippen molar-refractivity contribution >= 4 is 38.0 Å². The number of hydrogen-bond donors (Lipinski definition) is 0. The lowest BCUT2D eigenvalue weighted by Gasteiger charge is -2.16. The van der Waals surface area contributed by atoms with Crippen molar-refractivity contribution in [2.24, 2.45) is 10.2 Å². The van der Waals surface area contributed by atoms with Crippen LogP contribution >= 0.6 is 22.9 Å². The van der Waals surface area contributed by atoms with Crippen molar-refractivity contribution in [3.05, 3.63) is 17.0 Å². The van der Waals surface area contributed by atoms with Gasteiger partial charge in [0.15, 0.2) is 15.1 Å². The lowest BCUT2D eigenvalue weighted by atomic mass is 10.3. The quantitative estimate of drug-likeness (QED) is 0.767. The van der Waals surface area contributed by atoms with Crippen LogP contribution in [0.4, 0.5) is 15.1 Å². The van der Waals surface area contributed by atoms with E-state index in [1.165, 1.54) is 22.9 Å². The van der Waals surface area contributed by atoms with Crippen LogP contribution in [-0.2, 0) is 0 Å². The molecule has 8 heteroatoms. The average Bonchev–Trinajstić information content (AvgIpc) is 3.01. The number of nitriles is 1. The van der Waals surface area contributed by atoms with Crippen LogP contribution in [0.25, 0.3) is 0 Å². The third-order valence-electron chi connectivity index (χ3n) is 2.98. The number of hydrogen-bond acceptors (Lipinski definition) is 8. The van der Waals surface area contributed by atoms with Gasteiger partial charge >= 0.3 is 0 Å². The Morgan fingerprint density at radius 2 is 1.81 bits per heavy atom. The molecule has 21 heavy (non-hydrogen) atoms. The fraction of sp³-hybridized carbons (Fsp3) is 0.462. The van der Waals surface area contributed by atoms with Gasteiger partial charge in [-0.25, -0.2) is 4.98 Å². The summed E-state index contributed by atoms with van der Waals surface area (Å²) < 4.78 is 4.13. The van der Waals surface area contributed by atoms with Gasteiger partial charge in [0, 0.05) is 13.1 Å². The lowest BCUT2D eigenvalue weighted by molar-refractivity contribution is 0.857. The van der Waals surface area contributed by atoms with E-state index in [0.29, 0.717) is 16.3 Å². The van der Waals surface area contributed by atoms with Crippen LogP contribution in [0.15, 0.2) is 10.2 Å². The second-order valence-corrected chi connectivity index (χ2v) is 6.03. The number of rotatable bonds is 5. The summed E-state index contributed by atoms with van der Waals surface area (Å²) >= 11 is 2.70. The zero-order chi connectivity index (χ0) is 15.4. The number of anilines is 1. The molecule has 0 aliphatic carbocycles. The van der Waals surface area contributed by atoms with Crippen molar-refractivity contribution in [2.45, 2.75) is 27.7 Å². The van der Waals surface area contributed by atoms with Gasteiger partial charge < -0.3 is 4.90 Å². The Hall–Kier alpha value is -1.85. The highest BCUT2D eigenvalue weighted by Gasteiger charge is 2.13. The second kappa shape index (κ2) is 6.74. The van der Waals surface area contributed by atoms with Gasteiger partial charge in [-0.2, -0.15) is 9.64 Å². The van der Waals surface area contributed by atoms with Crippen LogP contribution in [0.3, 0.4) is 0 Å². The summed E-state index contributed by atoms with van der Waals surface area (Å²) in [4.78, 5) is 6.70. The van der Waals surface area contributed by atoms with E-state index in [9.17, 15) is 0 Å². The zero-order valence-electron chi connectivity index (χ0n) is 12.4. The van der Waals surface area contributed by atoms with Gasteiger partial charge in [-0.3, -0.25) is 0 Å². The Bertz CT molecular complexity index is 690. The molecule has 0 spiro atoms. The normalized spacial score (nSPS) is 11.0. The van der Waals surface area contributed by atoms with Gasteiger partial charge in [0.1, 0.15) is 11.6 Å². The van der Waals surface area contributed by atoms with E-state index in [-0.39, 0.29) is 0 Å². The molecule has 0 N–H and O–H groups in total. The van der Waals surface area contributed by atoms with E-state index in [2.05, 4.69) is 44.4 Å². The standard InChI is InChI=1S/C13H16N6S2/c1-5-19(6-2)13-15-9(4)11(20-13)16-17-12-10(7-14)8(3)18-21-12/h5-6H2,1-4H3/b17-16-. The van der Waals surface area contributed by atoms with Crippen LogP contribution in [-0.4, -0.2) is 22.4 Å². The highest BCUT2D eigenvalue weighted by molar-refractivity contribution is 7.19. The van der Waals surface area contributed by atoms with E-state index in [4.69, 9.17) is 5.26 Å². The molecule has 0 saturated heterocycles. The van der Waals surface area contributed by atoms with Crippen LogP contribution in [0, 0.1) is 25.2 Å². The molecule has 6 nitrogen and oxygen atoms in total. The smallest absolute Gasteiger partial charge is 0.187 e. The maximum atomic E-state index is 9.08. The summed E-state index contributed by atoms with van der Waals surface area (Å²) in [5.41, 5.74) is 2.04. The van der Waals surface area contributed by atoms with Crippen molar-refractivity contribution in [2.75, 3.05) is 18.0 Å². The summed E-state index contributed by atoms with van der Waals surface area (Å²) in [5, 5.41) is 19.8. The van der Waals surface area contributed by atoms with Crippen molar-refractivity contribution in [1.29, 1.82) is 5.26 Å². The van der Waals surface area contributed by atoms with Gasteiger partial charge in [-0.05, 0) is 39.2 Å². The molecule has 0 aromatic carbocycles. The maximum Gasteiger partial charge on any atom is 0.187 e. The molecule has 2 aromatic heterocycles. The first-order valence-corrected chi connectivity index (χ1v) is 8.20. The third kappa shape index (κ3) is 3.25. The molecule has 0 amide bonds. The van der Waals surface area contributed by atoms with Crippen LogP contribution in [0.2, 0.25) is 0 Å².